The molecule has 2 atom stereocenters. The van der Waals surface area contributed by atoms with Crippen molar-refractivity contribution in [2.24, 2.45) is 5.73 Å². The summed E-state index contributed by atoms with van der Waals surface area (Å²) in [6.07, 6.45) is 1.61. The number of hydrogen-bond acceptors (Lipinski definition) is 5. The Kier molecular flexibility index (Phi) is 4.89. The van der Waals surface area contributed by atoms with Crippen LogP contribution in [0.3, 0.4) is 0 Å². The van der Waals surface area contributed by atoms with Crippen LogP contribution < -0.4 is 20.5 Å². The molecule has 3 N–H and O–H groups in total. The number of rotatable bonds is 5. The van der Waals surface area contributed by atoms with Crippen molar-refractivity contribution in [3.8, 4) is 11.5 Å². The van der Waals surface area contributed by atoms with E-state index >= 15 is 0 Å². The molecule has 0 saturated carbocycles. The highest BCUT2D eigenvalue weighted by molar-refractivity contribution is 5.83. The number of nitrogens with zero attached hydrogens (tertiary/aromatic N) is 1. The van der Waals surface area contributed by atoms with Crippen LogP contribution in [-0.2, 0) is 9.59 Å². The van der Waals surface area contributed by atoms with Gasteiger partial charge in [-0.1, -0.05) is 6.07 Å². The predicted octanol–water partition coefficient (Wildman–Crippen LogP) is 0.585. The van der Waals surface area contributed by atoms with Gasteiger partial charge in [0.1, 0.15) is 13.2 Å². The van der Waals surface area contributed by atoms with Crippen LogP contribution in [0.15, 0.2) is 18.2 Å². The topological polar surface area (TPSA) is 93.9 Å². The van der Waals surface area contributed by atoms with Crippen LogP contribution >= 0.6 is 0 Å². The van der Waals surface area contributed by atoms with E-state index in [9.17, 15) is 9.59 Å². The lowest BCUT2D eigenvalue weighted by atomic mass is 10.1. The number of benzene rings is 1. The lowest BCUT2D eigenvalue weighted by molar-refractivity contribution is -0.126. The van der Waals surface area contributed by atoms with Gasteiger partial charge in [0.25, 0.3) is 0 Å². The molecule has 0 aromatic heterocycles. The van der Waals surface area contributed by atoms with Crippen LogP contribution in [0, 0.1) is 0 Å². The molecule has 2 aliphatic heterocycles. The van der Waals surface area contributed by atoms with Gasteiger partial charge in [-0.15, -0.1) is 0 Å². The molecule has 7 heteroatoms. The van der Waals surface area contributed by atoms with Crippen LogP contribution in [0.5, 0.6) is 11.5 Å². The summed E-state index contributed by atoms with van der Waals surface area (Å²) >= 11 is 0. The van der Waals surface area contributed by atoms with E-state index < -0.39 is 0 Å². The highest BCUT2D eigenvalue weighted by Crippen LogP contribution is 2.32. The second kappa shape index (κ2) is 7.09. The van der Waals surface area contributed by atoms with Gasteiger partial charge in [0.05, 0.1) is 18.6 Å². The number of primary amides is 1. The smallest absolute Gasteiger partial charge is 0.234 e. The Balaban J connectivity index is 1.59. The summed E-state index contributed by atoms with van der Waals surface area (Å²) in [6.45, 7) is 3.90. The lowest BCUT2D eigenvalue weighted by Crippen LogP contribution is -2.45. The van der Waals surface area contributed by atoms with Crippen molar-refractivity contribution < 1.29 is 19.1 Å². The number of carbonyl (C=O) groups is 2. The Hall–Kier alpha value is -2.28. The number of likely N-dealkylation sites (tertiary alicyclic amines) is 1. The second-order valence-electron chi connectivity index (χ2n) is 6.22. The molecule has 0 bridgehead atoms. The van der Waals surface area contributed by atoms with E-state index in [1.807, 2.05) is 30.0 Å². The highest BCUT2D eigenvalue weighted by atomic mass is 16.6. The zero-order valence-electron chi connectivity index (χ0n) is 13.8. The summed E-state index contributed by atoms with van der Waals surface area (Å²) in [7, 11) is 0. The molecule has 1 fully saturated rings. The van der Waals surface area contributed by atoms with Crippen LogP contribution in [0.25, 0.3) is 0 Å². The maximum Gasteiger partial charge on any atom is 0.234 e. The molecule has 1 aromatic carbocycles. The molecular weight excluding hydrogens is 310 g/mol. The van der Waals surface area contributed by atoms with Crippen molar-refractivity contribution in [1.29, 1.82) is 0 Å². The van der Waals surface area contributed by atoms with Crippen molar-refractivity contribution in [2.75, 3.05) is 26.3 Å². The summed E-state index contributed by atoms with van der Waals surface area (Å²) in [6, 6.07) is 5.17. The van der Waals surface area contributed by atoms with Crippen molar-refractivity contribution >= 4 is 11.8 Å². The van der Waals surface area contributed by atoms with Gasteiger partial charge in [-0.25, -0.2) is 0 Å². The Labute approximate surface area is 141 Å². The summed E-state index contributed by atoms with van der Waals surface area (Å²) in [4.78, 5) is 25.5. The number of fused-ring (bicyclic) bond motifs is 1. The molecule has 3 rings (SSSR count). The fraction of sp³-hybridized carbons (Fsp3) is 0.529. The van der Waals surface area contributed by atoms with E-state index in [1.54, 1.807) is 0 Å². The van der Waals surface area contributed by atoms with Crippen LogP contribution in [0.4, 0.5) is 0 Å². The molecular formula is C17H23N3O4. The van der Waals surface area contributed by atoms with E-state index in [0.29, 0.717) is 19.0 Å². The van der Waals surface area contributed by atoms with Gasteiger partial charge in [-0.05, 0) is 44.0 Å². The number of hydrogen-bond donors (Lipinski definition) is 2. The summed E-state index contributed by atoms with van der Waals surface area (Å²) in [5.41, 5.74) is 6.33. The minimum Gasteiger partial charge on any atom is -0.486 e. The first-order chi connectivity index (χ1) is 11.5. The number of amides is 2. The van der Waals surface area contributed by atoms with E-state index in [0.717, 1.165) is 30.7 Å². The first kappa shape index (κ1) is 16.6. The normalized spacial score (nSPS) is 21.3. The zero-order chi connectivity index (χ0) is 17.1. The monoisotopic (exact) mass is 333 g/mol. The molecule has 1 aromatic rings. The standard InChI is InChI=1S/C17H23N3O4/c1-11(12-4-5-14-15(9-12)24-8-7-23-14)19-16(21)10-20-6-2-3-13(20)17(18)22/h4-5,9,11,13H,2-3,6-8,10H2,1H3,(H2,18,22)(H,19,21)/t11-,13+/m0/s1. The van der Waals surface area contributed by atoms with E-state index in [2.05, 4.69) is 5.32 Å². The third kappa shape index (κ3) is 3.62. The minimum absolute atomic E-state index is 0.120. The largest absolute Gasteiger partial charge is 0.486 e. The van der Waals surface area contributed by atoms with Crippen molar-refractivity contribution in [2.45, 2.75) is 31.8 Å². The Morgan fingerprint density at radius 1 is 1.33 bits per heavy atom. The van der Waals surface area contributed by atoms with Gasteiger partial charge in [0.2, 0.25) is 11.8 Å². The number of nitrogens with two attached hydrogens (primary N) is 1. The van der Waals surface area contributed by atoms with E-state index in [4.69, 9.17) is 15.2 Å². The molecule has 0 spiro atoms. The fourth-order valence-corrected chi connectivity index (χ4v) is 3.22. The second-order valence-corrected chi connectivity index (χ2v) is 6.22. The zero-order valence-corrected chi connectivity index (χ0v) is 13.8. The predicted molar refractivity (Wildman–Crippen MR) is 87.8 cm³/mol. The maximum atomic E-state index is 12.3. The number of nitrogens with one attached hydrogen (secondary N) is 1. The third-order valence-corrected chi connectivity index (χ3v) is 4.48. The number of carbonyl (C=O) groups excluding carboxylic acids is 2. The molecule has 2 amide bonds. The molecule has 24 heavy (non-hydrogen) atoms. The van der Waals surface area contributed by atoms with Crippen molar-refractivity contribution in [1.82, 2.24) is 10.2 Å². The average Bonchev–Trinajstić information content (AvgIpc) is 3.02. The Morgan fingerprint density at radius 2 is 2.08 bits per heavy atom. The molecule has 1 saturated heterocycles. The first-order valence-corrected chi connectivity index (χ1v) is 8.27. The summed E-state index contributed by atoms with van der Waals surface area (Å²) in [5.74, 6) is 0.948. The minimum atomic E-state index is -0.361. The molecule has 2 aliphatic rings. The van der Waals surface area contributed by atoms with Crippen LogP contribution in [0.1, 0.15) is 31.4 Å². The molecule has 0 aliphatic carbocycles. The molecule has 7 nitrogen and oxygen atoms in total. The lowest BCUT2D eigenvalue weighted by Gasteiger charge is -2.23. The van der Waals surface area contributed by atoms with Crippen LogP contribution in [-0.4, -0.2) is 49.1 Å². The average molecular weight is 333 g/mol. The maximum absolute atomic E-state index is 12.3. The van der Waals surface area contributed by atoms with Crippen LogP contribution in [0.2, 0.25) is 0 Å². The van der Waals surface area contributed by atoms with Gasteiger partial charge >= 0.3 is 0 Å². The summed E-state index contributed by atoms with van der Waals surface area (Å²) < 4.78 is 11.1. The highest BCUT2D eigenvalue weighted by Gasteiger charge is 2.30. The SMILES string of the molecule is C[C@H](NC(=O)CN1CCC[C@@H]1C(N)=O)c1ccc2c(c1)OCCO2. The van der Waals surface area contributed by atoms with Gasteiger partial charge in [-0.3, -0.25) is 14.5 Å². The molecule has 2 heterocycles. The van der Waals surface area contributed by atoms with Gasteiger partial charge in [0, 0.05) is 0 Å². The van der Waals surface area contributed by atoms with E-state index in [1.165, 1.54) is 0 Å². The van der Waals surface area contributed by atoms with Crippen molar-refractivity contribution in [3.63, 3.8) is 0 Å². The first-order valence-electron chi connectivity index (χ1n) is 8.27. The van der Waals surface area contributed by atoms with Gasteiger partial charge in [0.15, 0.2) is 11.5 Å². The quantitative estimate of drug-likeness (QED) is 0.822. The third-order valence-electron chi connectivity index (χ3n) is 4.48. The van der Waals surface area contributed by atoms with Gasteiger partial charge in [-0.2, -0.15) is 0 Å². The Morgan fingerprint density at radius 3 is 2.83 bits per heavy atom. The Bertz CT molecular complexity index is 634. The molecule has 0 radical (unpaired) electrons. The molecule has 130 valence electrons. The molecule has 0 unspecified atom stereocenters. The van der Waals surface area contributed by atoms with Crippen molar-refractivity contribution in [3.05, 3.63) is 23.8 Å². The fourth-order valence-electron chi connectivity index (χ4n) is 3.22. The number of ether oxygens (including phenoxy) is 2. The van der Waals surface area contributed by atoms with Gasteiger partial charge < -0.3 is 20.5 Å². The summed E-state index contributed by atoms with van der Waals surface area (Å²) in [5, 5.41) is 2.96. The van der Waals surface area contributed by atoms with E-state index in [-0.39, 0.29) is 30.4 Å².